The Morgan fingerprint density at radius 3 is 2.42 bits per heavy atom. The highest BCUT2D eigenvalue weighted by Crippen LogP contribution is 2.31. The zero-order chi connectivity index (χ0) is 21.3. The third kappa shape index (κ3) is 5.84. The first-order valence-electron chi connectivity index (χ1n) is 11.0. The van der Waals surface area contributed by atoms with E-state index < -0.39 is 0 Å². The van der Waals surface area contributed by atoms with Crippen molar-refractivity contribution in [2.75, 3.05) is 26.7 Å². The van der Waals surface area contributed by atoms with Crippen LogP contribution in [0, 0.1) is 0 Å². The number of benzene rings is 2. The molecule has 1 aliphatic rings. The van der Waals surface area contributed by atoms with Crippen LogP contribution in [0.3, 0.4) is 0 Å². The van der Waals surface area contributed by atoms with Gasteiger partial charge in [-0.25, -0.2) is 0 Å². The van der Waals surface area contributed by atoms with Crippen LogP contribution in [-0.2, 0) is 13.2 Å². The summed E-state index contributed by atoms with van der Waals surface area (Å²) in [7, 11) is 1.76. The van der Waals surface area contributed by atoms with E-state index in [-0.39, 0.29) is 0 Å². The molecule has 5 nitrogen and oxygen atoms in total. The number of nitrogens with zero attached hydrogens (tertiary/aromatic N) is 2. The van der Waals surface area contributed by atoms with Crippen LogP contribution in [0.5, 0.6) is 11.5 Å². The number of nitrogens with one attached hydrogen (secondary N) is 1. The van der Waals surface area contributed by atoms with Crippen molar-refractivity contribution in [3.63, 3.8) is 0 Å². The molecular weight excluding hydrogens is 386 g/mol. The molecule has 1 atom stereocenters. The van der Waals surface area contributed by atoms with Crippen molar-refractivity contribution in [2.45, 2.75) is 32.0 Å². The summed E-state index contributed by atoms with van der Waals surface area (Å²) >= 11 is 0. The minimum Gasteiger partial charge on any atom is -0.496 e. The molecule has 0 saturated carbocycles. The Morgan fingerprint density at radius 1 is 0.935 bits per heavy atom. The third-order valence-corrected chi connectivity index (χ3v) is 5.82. The number of para-hydroxylation sites is 1. The van der Waals surface area contributed by atoms with Gasteiger partial charge in [0.2, 0.25) is 0 Å². The van der Waals surface area contributed by atoms with E-state index in [1.54, 1.807) is 19.5 Å². The summed E-state index contributed by atoms with van der Waals surface area (Å²) in [5.41, 5.74) is 3.63. The van der Waals surface area contributed by atoms with Crippen LogP contribution < -0.4 is 14.8 Å². The van der Waals surface area contributed by atoms with Crippen molar-refractivity contribution in [3.8, 4) is 11.5 Å². The second-order valence-corrected chi connectivity index (χ2v) is 7.92. The quantitative estimate of drug-likeness (QED) is 0.523. The molecule has 0 bridgehead atoms. The Kier molecular flexibility index (Phi) is 7.53. The second-order valence-electron chi connectivity index (χ2n) is 7.92. The van der Waals surface area contributed by atoms with E-state index in [9.17, 15) is 0 Å². The van der Waals surface area contributed by atoms with Crippen molar-refractivity contribution in [1.29, 1.82) is 0 Å². The molecule has 1 unspecified atom stereocenters. The van der Waals surface area contributed by atoms with Crippen LogP contribution in [-0.4, -0.2) is 36.6 Å². The fraction of sp³-hybridized carbons (Fsp3) is 0.346. The molecule has 1 aliphatic heterocycles. The van der Waals surface area contributed by atoms with Crippen molar-refractivity contribution in [3.05, 3.63) is 89.7 Å². The lowest BCUT2D eigenvalue weighted by atomic mass is 10.0. The summed E-state index contributed by atoms with van der Waals surface area (Å²) in [4.78, 5) is 6.60. The molecule has 0 amide bonds. The molecule has 3 aromatic rings. The number of likely N-dealkylation sites (tertiary alicyclic amines) is 1. The zero-order valence-electron chi connectivity index (χ0n) is 18.2. The highest BCUT2D eigenvalue weighted by molar-refractivity contribution is 5.36. The number of hydrogen-bond acceptors (Lipinski definition) is 5. The van der Waals surface area contributed by atoms with Crippen LogP contribution >= 0.6 is 0 Å². The maximum atomic E-state index is 5.87. The first kappa shape index (κ1) is 21.3. The van der Waals surface area contributed by atoms with Gasteiger partial charge in [-0.3, -0.25) is 9.88 Å². The van der Waals surface area contributed by atoms with Gasteiger partial charge in [-0.2, -0.15) is 0 Å². The predicted octanol–water partition coefficient (Wildman–Crippen LogP) is 4.60. The van der Waals surface area contributed by atoms with E-state index in [2.05, 4.69) is 45.5 Å². The molecule has 2 aromatic carbocycles. The minimum atomic E-state index is 0.321. The standard InChI is InChI=1S/C26H31N3O2/c1-30-26-7-3-2-6-24(26)25(29-16-4-5-17-29)19-28-18-21-8-10-23(11-9-21)31-20-22-12-14-27-15-13-22/h2-3,6-15,25,28H,4-5,16-20H2,1H3. The normalized spacial score (nSPS) is 15.0. The molecule has 0 spiro atoms. The van der Waals surface area contributed by atoms with Crippen molar-refractivity contribution >= 4 is 0 Å². The van der Waals surface area contributed by atoms with Gasteiger partial charge in [0, 0.05) is 31.0 Å². The van der Waals surface area contributed by atoms with Crippen LogP contribution in [0.15, 0.2) is 73.1 Å². The monoisotopic (exact) mass is 417 g/mol. The van der Waals surface area contributed by atoms with Crippen molar-refractivity contribution < 1.29 is 9.47 Å². The Bertz CT molecular complexity index is 925. The summed E-state index contributed by atoms with van der Waals surface area (Å²) < 4.78 is 11.5. The highest BCUT2D eigenvalue weighted by Gasteiger charge is 2.25. The number of ether oxygens (including phenoxy) is 2. The topological polar surface area (TPSA) is 46.6 Å². The molecule has 1 fully saturated rings. The number of pyridine rings is 1. The fourth-order valence-corrected chi connectivity index (χ4v) is 4.13. The number of rotatable bonds is 10. The predicted molar refractivity (Wildman–Crippen MR) is 123 cm³/mol. The lowest BCUT2D eigenvalue weighted by Crippen LogP contribution is -2.34. The molecule has 1 aromatic heterocycles. The molecule has 4 rings (SSSR count). The van der Waals surface area contributed by atoms with Gasteiger partial charge >= 0.3 is 0 Å². The van der Waals surface area contributed by atoms with Gasteiger partial charge in [0.15, 0.2) is 0 Å². The number of hydrogen-bond donors (Lipinski definition) is 1. The van der Waals surface area contributed by atoms with E-state index in [0.29, 0.717) is 12.6 Å². The first-order chi connectivity index (χ1) is 15.3. The van der Waals surface area contributed by atoms with E-state index in [4.69, 9.17) is 9.47 Å². The maximum Gasteiger partial charge on any atom is 0.123 e. The number of methoxy groups -OCH3 is 1. The Balaban J connectivity index is 1.33. The van der Waals surface area contributed by atoms with Crippen molar-refractivity contribution in [2.24, 2.45) is 0 Å². The van der Waals surface area contributed by atoms with Crippen molar-refractivity contribution in [1.82, 2.24) is 15.2 Å². The van der Waals surface area contributed by atoms with Crippen LogP contribution in [0.1, 0.15) is 35.6 Å². The van der Waals surface area contributed by atoms with E-state index >= 15 is 0 Å². The molecule has 0 radical (unpaired) electrons. The van der Waals surface area contributed by atoms with Crippen LogP contribution in [0.2, 0.25) is 0 Å². The molecule has 2 heterocycles. The molecule has 1 N–H and O–H groups in total. The Morgan fingerprint density at radius 2 is 1.68 bits per heavy atom. The van der Waals surface area contributed by atoms with E-state index in [1.165, 1.54) is 24.0 Å². The summed E-state index contributed by atoms with van der Waals surface area (Å²) in [5, 5.41) is 3.66. The Hall–Kier alpha value is -2.89. The lowest BCUT2D eigenvalue weighted by molar-refractivity contribution is 0.232. The smallest absolute Gasteiger partial charge is 0.123 e. The molecule has 5 heteroatoms. The average molecular weight is 418 g/mol. The summed E-state index contributed by atoms with van der Waals surface area (Å²) in [6.45, 7) is 4.56. The summed E-state index contributed by atoms with van der Waals surface area (Å²) in [6.07, 6.45) is 6.11. The largest absolute Gasteiger partial charge is 0.496 e. The van der Waals surface area contributed by atoms with Gasteiger partial charge < -0.3 is 14.8 Å². The van der Waals surface area contributed by atoms with Gasteiger partial charge in [0.1, 0.15) is 18.1 Å². The maximum absolute atomic E-state index is 5.87. The van der Waals surface area contributed by atoms with Gasteiger partial charge in [-0.15, -0.1) is 0 Å². The second kappa shape index (κ2) is 10.9. The summed E-state index contributed by atoms with van der Waals surface area (Å²) in [6, 6.07) is 21.0. The Labute approximate surface area is 185 Å². The zero-order valence-corrected chi connectivity index (χ0v) is 18.2. The van der Waals surface area contributed by atoms with Gasteiger partial charge in [0.05, 0.1) is 13.2 Å². The fourth-order valence-electron chi connectivity index (χ4n) is 4.13. The van der Waals surface area contributed by atoms with Gasteiger partial charge in [0.25, 0.3) is 0 Å². The minimum absolute atomic E-state index is 0.321. The molecule has 1 saturated heterocycles. The van der Waals surface area contributed by atoms with Crippen LogP contribution in [0.4, 0.5) is 0 Å². The molecule has 0 aliphatic carbocycles. The average Bonchev–Trinajstić information content (AvgIpc) is 3.37. The van der Waals surface area contributed by atoms with Crippen LogP contribution in [0.25, 0.3) is 0 Å². The summed E-state index contributed by atoms with van der Waals surface area (Å²) in [5.74, 6) is 1.85. The third-order valence-electron chi connectivity index (χ3n) is 5.82. The SMILES string of the molecule is COc1ccccc1C(CNCc1ccc(OCc2ccncc2)cc1)N1CCCC1. The number of aromatic nitrogens is 1. The first-order valence-corrected chi connectivity index (χ1v) is 11.0. The molecular formula is C26H31N3O2. The molecule has 31 heavy (non-hydrogen) atoms. The van der Waals surface area contributed by atoms with Gasteiger partial charge in [-0.1, -0.05) is 30.3 Å². The van der Waals surface area contributed by atoms with E-state index in [1.807, 2.05) is 30.3 Å². The van der Waals surface area contributed by atoms with Gasteiger partial charge in [-0.05, 0) is 67.4 Å². The molecule has 162 valence electrons. The lowest BCUT2D eigenvalue weighted by Gasteiger charge is -2.29. The van der Waals surface area contributed by atoms with E-state index in [0.717, 1.165) is 43.2 Å². The highest BCUT2D eigenvalue weighted by atomic mass is 16.5.